The predicted octanol–water partition coefficient (Wildman–Crippen LogP) is 4.06. The average molecular weight is 291 g/mol. The zero-order valence-corrected chi connectivity index (χ0v) is 12.2. The lowest BCUT2D eigenvalue weighted by Gasteiger charge is -2.21. The van der Waals surface area contributed by atoms with E-state index in [2.05, 4.69) is 5.32 Å². The number of halogens is 2. The summed E-state index contributed by atoms with van der Waals surface area (Å²) in [6.45, 7) is 2.62. The van der Waals surface area contributed by atoms with Gasteiger partial charge in [-0.25, -0.2) is 8.78 Å². The van der Waals surface area contributed by atoms with Gasteiger partial charge in [-0.2, -0.15) is 0 Å². The van der Waals surface area contributed by atoms with Crippen LogP contribution in [0.2, 0.25) is 0 Å². The van der Waals surface area contributed by atoms with Crippen LogP contribution >= 0.6 is 0 Å². The summed E-state index contributed by atoms with van der Waals surface area (Å²) in [5, 5.41) is 3.07. The van der Waals surface area contributed by atoms with Crippen LogP contribution in [-0.4, -0.2) is 13.7 Å². The predicted molar refractivity (Wildman–Crippen MR) is 79.5 cm³/mol. The molecule has 0 aliphatic carbocycles. The van der Waals surface area contributed by atoms with Gasteiger partial charge in [-0.15, -0.1) is 0 Å². The molecule has 0 radical (unpaired) electrons. The molecule has 0 amide bonds. The van der Waals surface area contributed by atoms with Gasteiger partial charge < -0.3 is 10.1 Å². The van der Waals surface area contributed by atoms with Gasteiger partial charge in [0.25, 0.3) is 0 Å². The van der Waals surface area contributed by atoms with Crippen LogP contribution in [0, 0.1) is 11.6 Å². The first-order valence-electron chi connectivity index (χ1n) is 7.01. The molecule has 0 fully saturated rings. The lowest BCUT2D eigenvalue weighted by atomic mass is 9.97. The molecular weight excluding hydrogens is 272 g/mol. The lowest BCUT2D eigenvalue weighted by molar-refractivity contribution is 0.312. The third kappa shape index (κ3) is 3.58. The van der Waals surface area contributed by atoms with Crippen molar-refractivity contribution in [3.05, 3.63) is 65.2 Å². The van der Waals surface area contributed by atoms with E-state index in [1.807, 2.05) is 31.2 Å². The molecule has 0 saturated heterocycles. The van der Waals surface area contributed by atoms with Gasteiger partial charge >= 0.3 is 0 Å². The monoisotopic (exact) mass is 291 g/mol. The van der Waals surface area contributed by atoms with E-state index in [1.54, 1.807) is 7.05 Å². The molecule has 0 bridgehead atoms. The average Bonchev–Trinajstić information content (AvgIpc) is 2.49. The molecule has 1 N–H and O–H groups in total. The van der Waals surface area contributed by atoms with Crippen molar-refractivity contribution in [2.45, 2.75) is 19.4 Å². The Bertz CT molecular complexity index is 601. The normalized spacial score (nSPS) is 12.2. The second kappa shape index (κ2) is 7.18. The Kier molecular flexibility index (Phi) is 5.28. The molecule has 2 rings (SSSR count). The smallest absolute Gasteiger partial charge is 0.131 e. The number of nitrogens with one attached hydrogen (secondary N) is 1. The Morgan fingerprint density at radius 2 is 1.86 bits per heavy atom. The minimum absolute atomic E-state index is 0.390. The number of hydrogen-bond acceptors (Lipinski definition) is 2. The fraction of sp³-hybridized carbons (Fsp3) is 0.294. The summed E-state index contributed by atoms with van der Waals surface area (Å²) in [6, 6.07) is 10.7. The highest BCUT2D eigenvalue weighted by Crippen LogP contribution is 2.31. The van der Waals surface area contributed by atoms with E-state index in [1.165, 1.54) is 12.1 Å². The highest BCUT2D eigenvalue weighted by atomic mass is 19.1. The summed E-state index contributed by atoms with van der Waals surface area (Å²) in [5.41, 5.74) is 1.23. The Labute approximate surface area is 123 Å². The number of para-hydroxylation sites is 1. The van der Waals surface area contributed by atoms with Crippen molar-refractivity contribution >= 4 is 0 Å². The first-order chi connectivity index (χ1) is 10.2. The highest BCUT2D eigenvalue weighted by Gasteiger charge is 2.20. The minimum atomic E-state index is -0.582. The van der Waals surface area contributed by atoms with Gasteiger partial charge in [-0.1, -0.05) is 31.2 Å². The topological polar surface area (TPSA) is 21.3 Å². The maximum Gasteiger partial charge on any atom is 0.131 e. The van der Waals surface area contributed by atoms with Crippen molar-refractivity contribution in [2.75, 3.05) is 13.7 Å². The summed E-state index contributed by atoms with van der Waals surface area (Å²) in [7, 11) is 1.74. The van der Waals surface area contributed by atoms with E-state index in [0.29, 0.717) is 17.9 Å². The van der Waals surface area contributed by atoms with Crippen LogP contribution in [0.5, 0.6) is 5.75 Å². The van der Waals surface area contributed by atoms with Crippen molar-refractivity contribution in [1.82, 2.24) is 5.32 Å². The third-order valence-electron chi connectivity index (χ3n) is 3.25. The first-order valence-corrected chi connectivity index (χ1v) is 7.01. The Hall–Kier alpha value is -1.94. The number of ether oxygens (including phenoxy) is 1. The van der Waals surface area contributed by atoms with Crippen molar-refractivity contribution in [2.24, 2.45) is 0 Å². The van der Waals surface area contributed by atoms with Gasteiger partial charge in [0.15, 0.2) is 0 Å². The second-order valence-electron chi connectivity index (χ2n) is 4.77. The van der Waals surface area contributed by atoms with Crippen LogP contribution < -0.4 is 10.1 Å². The number of rotatable bonds is 6. The van der Waals surface area contributed by atoms with Gasteiger partial charge in [-0.05, 0) is 25.6 Å². The molecule has 0 spiro atoms. The van der Waals surface area contributed by atoms with E-state index in [0.717, 1.165) is 18.1 Å². The zero-order chi connectivity index (χ0) is 15.2. The van der Waals surface area contributed by atoms with Gasteiger partial charge in [0.05, 0.1) is 12.6 Å². The summed E-state index contributed by atoms with van der Waals surface area (Å²) >= 11 is 0. The quantitative estimate of drug-likeness (QED) is 0.866. The Balaban J connectivity index is 2.41. The molecule has 2 aromatic rings. The molecule has 0 saturated carbocycles. The second-order valence-corrected chi connectivity index (χ2v) is 4.77. The summed E-state index contributed by atoms with van der Waals surface area (Å²) in [5.74, 6) is -0.441. The van der Waals surface area contributed by atoms with Crippen LogP contribution in [0.25, 0.3) is 0 Å². The molecule has 2 nitrogen and oxygen atoms in total. The van der Waals surface area contributed by atoms with E-state index in [-0.39, 0.29) is 0 Å². The standard InChI is InChI=1S/C17H19F2NO/c1-3-10-21-16-7-5-4-6-14(16)17(20-2)13-9-8-12(18)11-15(13)19/h4-9,11,17,20H,3,10H2,1-2H3. The fourth-order valence-electron chi connectivity index (χ4n) is 2.28. The van der Waals surface area contributed by atoms with Crippen LogP contribution in [0.4, 0.5) is 8.78 Å². The van der Waals surface area contributed by atoms with E-state index in [4.69, 9.17) is 4.74 Å². The first kappa shape index (κ1) is 15.4. The maximum atomic E-state index is 14.0. The Morgan fingerprint density at radius 3 is 2.52 bits per heavy atom. The van der Waals surface area contributed by atoms with Gasteiger partial charge in [0.2, 0.25) is 0 Å². The van der Waals surface area contributed by atoms with E-state index in [9.17, 15) is 8.78 Å². The van der Waals surface area contributed by atoms with Crippen molar-refractivity contribution < 1.29 is 13.5 Å². The molecule has 21 heavy (non-hydrogen) atoms. The van der Waals surface area contributed by atoms with Crippen LogP contribution in [0.1, 0.15) is 30.5 Å². The van der Waals surface area contributed by atoms with E-state index >= 15 is 0 Å². The van der Waals surface area contributed by atoms with Crippen LogP contribution in [0.15, 0.2) is 42.5 Å². The third-order valence-corrected chi connectivity index (χ3v) is 3.25. The van der Waals surface area contributed by atoms with E-state index < -0.39 is 17.7 Å². The molecule has 1 unspecified atom stereocenters. The summed E-state index contributed by atoms with van der Waals surface area (Å²) in [6.07, 6.45) is 0.892. The van der Waals surface area contributed by atoms with Crippen molar-refractivity contribution in [3.8, 4) is 5.75 Å². The summed E-state index contributed by atoms with van der Waals surface area (Å²) in [4.78, 5) is 0. The summed E-state index contributed by atoms with van der Waals surface area (Å²) < 4.78 is 32.8. The molecule has 0 aliphatic rings. The zero-order valence-electron chi connectivity index (χ0n) is 12.2. The Morgan fingerprint density at radius 1 is 1.10 bits per heavy atom. The number of hydrogen-bond donors (Lipinski definition) is 1. The van der Waals surface area contributed by atoms with Gasteiger partial charge in [0.1, 0.15) is 17.4 Å². The van der Waals surface area contributed by atoms with Crippen LogP contribution in [-0.2, 0) is 0 Å². The molecule has 112 valence electrons. The molecule has 4 heteroatoms. The molecule has 1 atom stereocenters. The van der Waals surface area contributed by atoms with Crippen molar-refractivity contribution in [1.29, 1.82) is 0 Å². The maximum absolute atomic E-state index is 14.0. The number of benzene rings is 2. The molecule has 0 heterocycles. The fourth-order valence-corrected chi connectivity index (χ4v) is 2.28. The highest BCUT2D eigenvalue weighted by molar-refractivity contribution is 5.42. The minimum Gasteiger partial charge on any atom is -0.493 e. The molecular formula is C17H19F2NO. The van der Waals surface area contributed by atoms with Gasteiger partial charge in [-0.3, -0.25) is 0 Å². The molecule has 0 aromatic heterocycles. The SMILES string of the molecule is CCCOc1ccccc1C(NC)c1ccc(F)cc1F. The van der Waals surface area contributed by atoms with Crippen LogP contribution in [0.3, 0.4) is 0 Å². The van der Waals surface area contributed by atoms with Crippen molar-refractivity contribution in [3.63, 3.8) is 0 Å². The largest absolute Gasteiger partial charge is 0.493 e. The van der Waals surface area contributed by atoms with Gasteiger partial charge in [0, 0.05) is 17.2 Å². The molecule has 2 aromatic carbocycles. The lowest BCUT2D eigenvalue weighted by Crippen LogP contribution is -2.20. The molecule has 0 aliphatic heterocycles.